The highest BCUT2D eigenvalue weighted by molar-refractivity contribution is 7.17. The molecule has 0 radical (unpaired) electrons. The predicted molar refractivity (Wildman–Crippen MR) is 105 cm³/mol. The van der Waals surface area contributed by atoms with Gasteiger partial charge in [-0.25, -0.2) is 4.98 Å². The van der Waals surface area contributed by atoms with Crippen LogP contribution in [0.3, 0.4) is 0 Å². The molecule has 2 aliphatic rings. The Morgan fingerprint density at radius 1 is 1.39 bits per heavy atom. The van der Waals surface area contributed by atoms with Crippen LogP contribution in [0.25, 0.3) is 10.6 Å². The number of benzene rings is 1. The van der Waals surface area contributed by atoms with Gasteiger partial charge < -0.3 is 19.3 Å². The molecular formula is C20H22N4O3S. The van der Waals surface area contributed by atoms with Crippen molar-refractivity contribution in [2.75, 3.05) is 26.9 Å². The lowest BCUT2D eigenvalue weighted by atomic mass is 10.1. The van der Waals surface area contributed by atoms with Crippen LogP contribution in [0.4, 0.5) is 0 Å². The van der Waals surface area contributed by atoms with Gasteiger partial charge in [0.1, 0.15) is 15.6 Å². The molecule has 2 aromatic rings. The van der Waals surface area contributed by atoms with E-state index in [2.05, 4.69) is 6.19 Å². The van der Waals surface area contributed by atoms with Crippen molar-refractivity contribution in [3.05, 3.63) is 34.8 Å². The number of nitrogens with zero attached hydrogens (tertiary/aromatic N) is 4. The number of fused-ring (bicyclic) bond motifs is 1. The van der Waals surface area contributed by atoms with Crippen molar-refractivity contribution in [2.24, 2.45) is 0 Å². The van der Waals surface area contributed by atoms with E-state index in [0.29, 0.717) is 31.2 Å². The fourth-order valence-electron chi connectivity index (χ4n) is 3.92. The molecule has 0 N–H and O–H groups in total. The molecule has 4 rings (SSSR count). The highest BCUT2D eigenvalue weighted by Gasteiger charge is 2.42. The third kappa shape index (κ3) is 3.21. The van der Waals surface area contributed by atoms with Crippen LogP contribution in [0.2, 0.25) is 0 Å². The van der Waals surface area contributed by atoms with E-state index >= 15 is 0 Å². The number of rotatable bonds is 6. The zero-order chi connectivity index (χ0) is 19.7. The Morgan fingerprint density at radius 2 is 2.21 bits per heavy atom. The second-order valence-corrected chi connectivity index (χ2v) is 7.91. The molecule has 7 nitrogen and oxygen atoms in total. The van der Waals surface area contributed by atoms with Crippen molar-refractivity contribution in [1.82, 2.24) is 14.8 Å². The number of amides is 1. The van der Waals surface area contributed by atoms with Crippen LogP contribution in [-0.2, 0) is 11.3 Å². The minimum atomic E-state index is 0.00728. The fraction of sp³-hybridized carbons (Fsp3) is 0.450. The van der Waals surface area contributed by atoms with E-state index in [4.69, 9.17) is 14.5 Å². The Balaban J connectivity index is 1.54. The van der Waals surface area contributed by atoms with Crippen molar-refractivity contribution >= 4 is 17.2 Å². The Labute approximate surface area is 168 Å². The monoisotopic (exact) mass is 398 g/mol. The molecule has 1 fully saturated rings. The van der Waals surface area contributed by atoms with Gasteiger partial charge in [-0.3, -0.25) is 4.79 Å². The molecular weight excluding hydrogens is 376 g/mol. The van der Waals surface area contributed by atoms with E-state index < -0.39 is 0 Å². The first kappa shape index (κ1) is 18.7. The van der Waals surface area contributed by atoms with Gasteiger partial charge in [0.05, 0.1) is 43.1 Å². The van der Waals surface area contributed by atoms with Gasteiger partial charge in [0.2, 0.25) is 0 Å². The summed E-state index contributed by atoms with van der Waals surface area (Å²) in [4.78, 5) is 22.0. The third-order valence-corrected chi connectivity index (χ3v) is 6.33. The summed E-state index contributed by atoms with van der Waals surface area (Å²) in [7, 11) is 1.63. The van der Waals surface area contributed by atoms with Crippen LogP contribution < -0.4 is 4.74 Å². The second kappa shape index (κ2) is 7.78. The second-order valence-electron chi connectivity index (χ2n) is 6.91. The van der Waals surface area contributed by atoms with Crippen LogP contribution in [0.5, 0.6) is 5.75 Å². The van der Waals surface area contributed by atoms with Crippen molar-refractivity contribution in [3.63, 3.8) is 0 Å². The number of hydrogen-bond donors (Lipinski definition) is 0. The van der Waals surface area contributed by atoms with E-state index in [1.54, 1.807) is 12.0 Å². The first-order chi connectivity index (χ1) is 13.7. The molecule has 0 saturated carbocycles. The Bertz CT molecular complexity index is 922. The van der Waals surface area contributed by atoms with E-state index in [1.807, 2.05) is 36.1 Å². The summed E-state index contributed by atoms with van der Waals surface area (Å²) >= 11 is 1.42. The summed E-state index contributed by atoms with van der Waals surface area (Å²) in [6, 6.07) is 7.80. The first-order valence-electron chi connectivity index (χ1n) is 9.34. The minimum Gasteiger partial charge on any atom is -0.493 e. The van der Waals surface area contributed by atoms with Gasteiger partial charge in [0.15, 0.2) is 6.19 Å². The number of hydrogen-bond acceptors (Lipinski definition) is 7. The maximum absolute atomic E-state index is 13.0. The summed E-state index contributed by atoms with van der Waals surface area (Å²) < 4.78 is 10.9. The molecule has 0 aliphatic carbocycles. The lowest BCUT2D eigenvalue weighted by Crippen LogP contribution is -2.37. The largest absolute Gasteiger partial charge is 0.493 e. The van der Waals surface area contributed by atoms with Crippen molar-refractivity contribution in [1.29, 1.82) is 5.26 Å². The molecule has 28 heavy (non-hydrogen) atoms. The van der Waals surface area contributed by atoms with Gasteiger partial charge in [-0.1, -0.05) is 12.1 Å². The number of para-hydroxylation sites is 1. The summed E-state index contributed by atoms with van der Waals surface area (Å²) in [5.74, 6) is 0.790. The number of thiazole rings is 1. The lowest BCUT2D eigenvalue weighted by molar-refractivity contribution is 0.0712. The van der Waals surface area contributed by atoms with E-state index in [9.17, 15) is 10.1 Å². The molecule has 1 aromatic carbocycles. The Morgan fingerprint density at radius 3 is 2.93 bits per heavy atom. The van der Waals surface area contributed by atoms with Crippen molar-refractivity contribution in [3.8, 4) is 22.5 Å². The molecule has 3 heterocycles. The highest BCUT2D eigenvalue weighted by Crippen LogP contribution is 2.39. The van der Waals surface area contributed by atoms with Gasteiger partial charge in [0.25, 0.3) is 5.91 Å². The Hall–Kier alpha value is -2.63. The number of carbonyl (C=O) groups excluding carboxylic acids is 1. The van der Waals surface area contributed by atoms with Crippen LogP contribution in [-0.4, -0.2) is 59.6 Å². The van der Waals surface area contributed by atoms with E-state index in [0.717, 1.165) is 28.4 Å². The maximum Gasteiger partial charge on any atom is 0.266 e. The molecule has 2 aliphatic heterocycles. The molecule has 2 atom stereocenters. The first-order valence-corrected chi connectivity index (χ1v) is 10.2. The van der Waals surface area contributed by atoms with Crippen molar-refractivity contribution < 1.29 is 14.3 Å². The average molecular weight is 398 g/mol. The molecule has 1 aromatic heterocycles. The zero-order valence-electron chi connectivity index (χ0n) is 15.9. The number of carbonyl (C=O) groups is 1. The number of nitriles is 1. The molecule has 0 spiro atoms. The van der Waals surface area contributed by atoms with Gasteiger partial charge >= 0.3 is 0 Å². The molecule has 8 heteroatoms. The number of likely N-dealkylation sites (tertiary alicyclic amines) is 1. The molecule has 0 unspecified atom stereocenters. The van der Waals surface area contributed by atoms with Crippen molar-refractivity contribution in [2.45, 2.75) is 32.0 Å². The molecule has 1 amide bonds. The van der Waals surface area contributed by atoms with Crippen LogP contribution in [0.15, 0.2) is 24.3 Å². The lowest BCUT2D eigenvalue weighted by Gasteiger charge is -2.22. The quantitative estimate of drug-likeness (QED) is 0.696. The summed E-state index contributed by atoms with van der Waals surface area (Å²) in [6.45, 7) is 4.05. The van der Waals surface area contributed by atoms with E-state index in [-0.39, 0.29) is 18.0 Å². The van der Waals surface area contributed by atoms with Gasteiger partial charge in [-0.2, -0.15) is 5.26 Å². The molecule has 0 bridgehead atoms. The normalized spacial score (nSPS) is 21.1. The molecule has 146 valence electrons. The standard InChI is InChI=1S/C20H22N4O3S/c1-3-27-17-7-5-4-6-15(17)19-22-16-10-24(20(25)18(16)28-19)13-8-14(11-26-2)23(9-13)12-21/h4-7,13-14H,3,8-11H2,1-2H3/t13-,14+/m1/s1. The van der Waals surface area contributed by atoms with Crippen LogP contribution in [0.1, 0.15) is 28.7 Å². The predicted octanol–water partition coefficient (Wildman–Crippen LogP) is 2.73. The van der Waals surface area contributed by atoms with Gasteiger partial charge in [-0.05, 0) is 25.5 Å². The van der Waals surface area contributed by atoms with Gasteiger partial charge in [0, 0.05) is 13.7 Å². The van der Waals surface area contributed by atoms with Crippen LogP contribution >= 0.6 is 11.3 Å². The minimum absolute atomic E-state index is 0.00728. The maximum atomic E-state index is 13.0. The molecule has 1 saturated heterocycles. The SMILES string of the molecule is CCOc1ccccc1-c1nc2c(s1)C(=O)N([C@@H]1C[C@@H](COC)N(C#N)C1)C2. The number of methoxy groups -OCH3 is 1. The van der Waals surface area contributed by atoms with Gasteiger partial charge in [-0.15, -0.1) is 11.3 Å². The summed E-state index contributed by atoms with van der Waals surface area (Å²) in [6.07, 6.45) is 2.96. The average Bonchev–Trinajstić information content (AvgIpc) is 3.37. The topological polar surface area (TPSA) is 78.7 Å². The number of ether oxygens (including phenoxy) is 2. The van der Waals surface area contributed by atoms with Crippen LogP contribution in [0, 0.1) is 11.5 Å². The van der Waals surface area contributed by atoms with E-state index in [1.165, 1.54) is 11.3 Å². The smallest absolute Gasteiger partial charge is 0.266 e. The summed E-state index contributed by atoms with van der Waals surface area (Å²) in [5, 5.41) is 10.2. The Kier molecular flexibility index (Phi) is 5.20. The summed E-state index contributed by atoms with van der Waals surface area (Å²) in [5.41, 5.74) is 1.73. The third-order valence-electron chi connectivity index (χ3n) is 5.21. The fourth-order valence-corrected chi connectivity index (χ4v) is 4.98. The number of aromatic nitrogens is 1. The zero-order valence-corrected chi connectivity index (χ0v) is 16.7. The highest BCUT2D eigenvalue weighted by atomic mass is 32.1.